The molecule has 3 rings (SSSR count). The van der Waals surface area contributed by atoms with Gasteiger partial charge in [-0.05, 0) is 38.0 Å². The Hall–Kier alpha value is -1.36. The molecule has 19 heavy (non-hydrogen) atoms. The third-order valence-electron chi connectivity index (χ3n) is 4.59. The van der Waals surface area contributed by atoms with Crippen molar-refractivity contribution in [3.63, 3.8) is 0 Å². The minimum atomic E-state index is -0.457. The van der Waals surface area contributed by atoms with Crippen LogP contribution >= 0.6 is 0 Å². The van der Waals surface area contributed by atoms with E-state index < -0.39 is 5.54 Å². The van der Waals surface area contributed by atoms with Crippen LogP contribution in [0, 0.1) is 5.92 Å². The summed E-state index contributed by atoms with van der Waals surface area (Å²) in [4.78, 5) is 16.1. The second-order valence-corrected chi connectivity index (χ2v) is 5.93. The van der Waals surface area contributed by atoms with Crippen LogP contribution in [-0.2, 0) is 11.3 Å². The largest absolute Gasteiger partial charge is 0.368 e. The number of nitrogens with zero attached hydrogens (tertiary/aromatic N) is 2. The molecule has 1 aromatic rings. The van der Waals surface area contributed by atoms with Gasteiger partial charge in [0.05, 0.1) is 6.33 Å². The molecule has 2 aliphatic rings. The zero-order chi connectivity index (χ0) is 13.3. The highest BCUT2D eigenvalue weighted by molar-refractivity contribution is 5.85. The maximum Gasteiger partial charge on any atom is 0.238 e. The van der Waals surface area contributed by atoms with Crippen LogP contribution in [0.3, 0.4) is 0 Å². The van der Waals surface area contributed by atoms with Crippen molar-refractivity contribution >= 4 is 5.91 Å². The molecule has 0 spiro atoms. The molecular weight excluding hydrogens is 240 g/mol. The Balaban J connectivity index is 1.68. The minimum absolute atomic E-state index is 0.160. The Morgan fingerprint density at radius 1 is 1.47 bits per heavy atom. The van der Waals surface area contributed by atoms with Crippen LogP contribution in [0.4, 0.5) is 0 Å². The van der Waals surface area contributed by atoms with Crippen molar-refractivity contribution in [2.75, 3.05) is 0 Å². The van der Waals surface area contributed by atoms with Gasteiger partial charge in [-0.2, -0.15) is 0 Å². The van der Waals surface area contributed by atoms with E-state index in [1.807, 2.05) is 12.5 Å². The van der Waals surface area contributed by atoms with Gasteiger partial charge < -0.3 is 15.6 Å². The number of carbonyl (C=O) groups excluding carboxylic acids is 1. The molecule has 3 N–H and O–H groups in total. The Kier molecular flexibility index (Phi) is 3.31. The average molecular weight is 262 g/mol. The van der Waals surface area contributed by atoms with Gasteiger partial charge in [0.1, 0.15) is 5.54 Å². The first-order valence-electron chi connectivity index (χ1n) is 7.24. The number of imidazole rings is 1. The quantitative estimate of drug-likeness (QED) is 0.805. The molecule has 2 aliphatic carbocycles. The lowest BCUT2D eigenvalue weighted by atomic mass is 9.83. The van der Waals surface area contributed by atoms with Gasteiger partial charge in [-0.3, -0.25) is 4.79 Å². The summed E-state index contributed by atoms with van der Waals surface area (Å²) in [6, 6.07) is 0.515. The van der Waals surface area contributed by atoms with Crippen LogP contribution in [0.5, 0.6) is 0 Å². The first kappa shape index (κ1) is 12.7. The summed E-state index contributed by atoms with van der Waals surface area (Å²) in [5.41, 5.74) is 5.27. The summed E-state index contributed by atoms with van der Waals surface area (Å²) in [6.45, 7) is 0.909. The molecule has 2 saturated carbocycles. The van der Waals surface area contributed by atoms with Crippen LogP contribution in [0.2, 0.25) is 0 Å². The highest BCUT2D eigenvalue weighted by Gasteiger charge is 2.49. The van der Waals surface area contributed by atoms with Gasteiger partial charge in [0.15, 0.2) is 0 Å². The van der Waals surface area contributed by atoms with E-state index >= 15 is 0 Å². The van der Waals surface area contributed by atoms with Crippen molar-refractivity contribution in [3.8, 4) is 0 Å². The second-order valence-electron chi connectivity index (χ2n) is 5.93. The van der Waals surface area contributed by atoms with E-state index in [2.05, 4.69) is 14.9 Å². The predicted octanol–water partition coefficient (Wildman–Crippen LogP) is 1.05. The van der Waals surface area contributed by atoms with Gasteiger partial charge in [-0.1, -0.05) is 6.42 Å². The molecule has 1 amide bonds. The molecular formula is C14H22N4O. The molecule has 2 unspecified atom stereocenters. The van der Waals surface area contributed by atoms with Crippen molar-refractivity contribution in [2.24, 2.45) is 11.7 Å². The van der Waals surface area contributed by atoms with E-state index in [1.54, 1.807) is 6.20 Å². The molecule has 2 atom stereocenters. The van der Waals surface area contributed by atoms with Crippen molar-refractivity contribution in [1.29, 1.82) is 0 Å². The molecule has 0 aliphatic heterocycles. The van der Waals surface area contributed by atoms with E-state index in [0.717, 1.165) is 32.2 Å². The fraction of sp³-hybridized carbons (Fsp3) is 0.714. The van der Waals surface area contributed by atoms with Crippen molar-refractivity contribution in [3.05, 3.63) is 18.7 Å². The smallest absolute Gasteiger partial charge is 0.238 e. The van der Waals surface area contributed by atoms with Gasteiger partial charge in [0.25, 0.3) is 0 Å². The summed E-state index contributed by atoms with van der Waals surface area (Å²) >= 11 is 0. The topological polar surface area (TPSA) is 72.9 Å². The Morgan fingerprint density at radius 3 is 2.95 bits per heavy atom. The number of primary amides is 1. The summed E-state index contributed by atoms with van der Waals surface area (Å²) in [6.07, 6.45) is 12.0. The predicted molar refractivity (Wildman–Crippen MR) is 72.3 cm³/mol. The van der Waals surface area contributed by atoms with Crippen LogP contribution < -0.4 is 11.1 Å². The van der Waals surface area contributed by atoms with Crippen LogP contribution in [-0.4, -0.2) is 27.0 Å². The number of aromatic nitrogens is 2. The van der Waals surface area contributed by atoms with E-state index in [9.17, 15) is 4.79 Å². The highest BCUT2D eigenvalue weighted by atomic mass is 16.1. The molecule has 1 heterocycles. The molecule has 1 aromatic heterocycles. The van der Waals surface area contributed by atoms with Gasteiger partial charge in [0, 0.05) is 25.0 Å². The van der Waals surface area contributed by atoms with Crippen molar-refractivity contribution in [1.82, 2.24) is 14.9 Å². The summed E-state index contributed by atoms with van der Waals surface area (Å²) in [7, 11) is 0. The third-order valence-corrected chi connectivity index (χ3v) is 4.59. The first-order chi connectivity index (χ1) is 9.21. The van der Waals surface area contributed by atoms with Gasteiger partial charge in [-0.25, -0.2) is 4.98 Å². The molecule has 2 fully saturated rings. The number of amides is 1. The monoisotopic (exact) mass is 262 g/mol. The Bertz CT molecular complexity index is 440. The molecule has 0 bridgehead atoms. The van der Waals surface area contributed by atoms with Crippen molar-refractivity contribution in [2.45, 2.75) is 56.7 Å². The number of nitrogens with one attached hydrogen (secondary N) is 1. The molecule has 104 valence electrons. The summed E-state index contributed by atoms with van der Waals surface area (Å²) in [5, 5.41) is 3.55. The number of carbonyl (C=O) groups is 1. The zero-order valence-corrected chi connectivity index (χ0v) is 11.2. The SMILES string of the molecule is NC(=O)C1(NC2CC2)CCCC1CCn1ccnc1. The maximum atomic E-state index is 12.0. The van der Waals surface area contributed by atoms with E-state index in [1.165, 1.54) is 12.8 Å². The van der Waals surface area contributed by atoms with Crippen LogP contribution in [0.15, 0.2) is 18.7 Å². The van der Waals surface area contributed by atoms with E-state index in [0.29, 0.717) is 12.0 Å². The fourth-order valence-electron chi connectivity index (χ4n) is 3.37. The van der Waals surface area contributed by atoms with Crippen molar-refractivity contribution < 1.29 is 4.79 Å². The second kappa shape index (κ2) is 4.96. The Morgan fingerprint density at radius 2 is 2.32 bits per heavy atom. The molecule has 5 heteroatoms. The average Bonchev–Trinajstić information content (AvgIpc) is 2.90. The number of nitrogens with two attached hydrogens (primary N) is 1. The van der Waals surface area contributed by atoms with Gasteiger partial charge in [-0.15, -0.1) is 0 Å². The summed E-state index contributed by atoms with van der Waals surface area (Å²) in [5.74, 6) is 0.195. The normalized spacial score (nSPS) is 30.6. The number of hydrogen-bond donors (Lipinski definition) is 2. The molecule has 5 nitrogen and oxygen atoms in total. The standard InChI is InChI=1S/C14H22N4O/c15-13(19)14(17-12-3-4-12)6-1-2-11(14)5-8-18-9-7-16-10-18/h7,9-12,17H,1-6,8H2,(H2,15,19). The first-order valence-corrected chi connectivity index (χ1v) is 7.24. The van der Waals surface area contributed by atoms with E-state index in [4.69, 9.17) is 5.73 Å². The number of rotatable bonds is 6. The van der Waals surface area contributed by atoms with Crippen LogP contribution in [0.25, 0.3) is 0 Å². The van der Waals surface area contributed by atoms with Gasteiger partial charge in [0.2, 0.25) is 5.91 Å². The van der Waals surface area contributed by atoms with Crippen LogP contribution in [0.1, 0.15) is 38.5 Å². The number of aryl methyl sites for hydroxylation is 1. The molecule has 0 aromatic carbocycles. The minimum Gasteiger partial charge on any atom is -0.368 e. The lowest BCUT2D eigenvalue weighted by Gasteiger charge is -2.34. The number of hydrogen-bond acceptors (Lipinski definition) is 3. The molecule has 0 radical (unpaired) electrons. The Labute approximate surface area is 113 Å². The third kappa shape index (κ3) is 2.52. The molecule has 0 saturated heterocycles. The van der Waals surface area contributed by atoms with Gasteiger partial charge >= 0.3 is 0 Å². The lowest BCUT2D eigenvalue weighted by Crippen LogP contribution is -2.58. The van der Waals surface area contributed by atoms with E-state index in [-0.39, 0.29) is 5.91 Å². The highest BCUT2D eigenvalue weighted by Crippen LogP contribution is 2.40. The fourth-order valence-corrected chi connectivity index (χ4v) is 3.37. The lowest BCUT2D eigenvalue weighted by molar-refractivity contribution is -0.126. The zero-order valence-electron chi connectivity index (χ0n) is 11.2. The summed E-state index contributed by atoms with van der Waals surface area (Å²) < 4.78 is 2.07. The maximum absolute atomic E-state index is 12.0.